The molecule has 0 radical (unpaired) electrons. The zero-order chi connectivity index (χ0) is 11.8. The molecule has 88 valence electrons. The molecule has 4 heteroatoms. The second-order valence-electron chi connectivity index (χ2n) is 3.30. The van der Waals surface area contributed by atoms with Gasteiger partial charge in [-0.15, -0.1) is 0 Å². The highest BCUT2D eigenvalue weighted by molar-refractivity contribution is 7.80. The summed E-state index contributed by atoms with van der Waals surface area (Å²) in [6.45, 7) is 3.49. The number of hydrogen-bond acceptors (Lipinski definition) is 2. The largest absolute Gasteiger partial charge is 0.494 e. The van der Waals surface area contributed by atoms with Crippen molar-refractivity contribution in [3.63, 3.8) is 0 Å². The van der Waals surface area contributed by atoms with Crippen LogP contribution < -0.4 is 15.4 Å². The molecule has 0 fully saturated rings. The van der Waals surface area contributed by atoms with E-state index in [1.54, 1.807) is 0 Å². The normalized spacial score (nSPS) is 9.62. The van der Waals surface area contributed by atoms with Crippen molar-refractivity contribution < 1.29 is 4.74 Å². The highest BCUT2D eigenvalue weighted by Crippen LogP contribution is 2.17. The molecule has 1 aromatic rings. The van der Waals surface area contributed by atoms with E-state index in [0.29, 0.717) is 11.7 Å². The molecule has 0 saturated heterocycles. The molecule has 0 amide bonds. The third-order valence-electron chi connectivity index (χ3n) is 2.18. The predicted octanol–water partition coefficient (Wildman–Crippen LogP) is 1.72. The zero-order valence-electron chi connectivity index (χ0n) is 9.75. The summed E-state index contributed by atoms with van der Waals surface area (Å²) >= 11 is 5.00. The van der Waals surface area contributed by atoms with Crippen LogP contribution in [0, 0.1) is 0 Å². The summed E-state index contributed by atoms with van der Waals surface area (Å²) in [4.78, 5) is 0. The number of ether oxygens (including phenoxy) is 1. The average Bonchev–Trinajstić information content (AvgIpc) is 2.31. The molecule has 0 atom stereocenters. The van der Waals surface area contributed by atoms with Gasteiger partial charge in [0.1, 0.15) is 5.75 Å². The summed E-state index contributed by atoms with van der Waals surface area (Å²) in [5, 5.41) is 6.67. The maximum absolute atomic E-state index is 5.54. The van der Waals surface area contributed by atoms with Gasteiger partial charge in [0, 0.05) is 13.6 Å². The molecule has 0 heterocycles. The standard InChI is InChI=1S/C12H18N2OS/c1-3-15-11-7-5-4-6-10(11)8-9-14-12(16)13-2/h4-7H,3,8-9H2,1-2H3,(H2,13,14,16). The molecule has 0 spiro atoms. The first-order valence-corrected chi connectivity index (χ1v) is 5.85. The average molecular weight is 238 g/mol. The fourth-order valence-corrected chi connectivity index (χ4v) is 1.51. The van der Waals surface area contributed by atoms with Crippen molar-refractivity contribution in [1.29, 1.82) is 0 Å². The quantitative estimate of drug-likeness (QED) is 0.765. The van der Waals surface area contributed by atoms with Gasteiger partial charge >= 0.3 is 0 Å². The maximum Gasteiger partial charge on any atom is 0.166 e. The summed E-state index contributed by atoms with van der Waals surface area (Å²) < 4.78 is 5.54. The Kier molecular flexibility index (Phi) is 5.64. The molecule has 16 heavy (non-hydrogen) atoms. The Morgan fingerprint density at radius 3 is 2.81 bits per heavy atom. The van der Waals surface area contributed by atoms with Gasteiger partial charge in [0.2, 0.25) is 0 Å². The van der Waals surface area contributed by atoms with Gasteiger partial charge in [-0.05, 0) is 37.2 Å². The minimum absolute atomic E-state index is 0.675. The van der Waals surface area contributed by atoms with Crippen LogP contribution in [0.4, 0.5) is 0 Å². The van der Waals surface area contributed by atoms with Gasteiger partial charge in [0.05, 0.1) is 6.61 Å². The lowest BCUT2D eigenvalue weighted by atomic mass is 10.1. The van der Waals surface area contributed by atoms with Crippen molar-refractivity contribution in [2.45, 2.75) is 13.3 Å². The van der Waals surface area contributed by atoms with Gasteiger partial charge in [-0.25, -0.2) is 0 Å². The lowest BCUT2D eigenvalue weighted by Gasteiger charge is -2.11. The van der Waals surface area contributed by atoms with E-state index in [2.05, 4.69) is 16.7 Å². The molecule has 3 nitrogen and oxygen atoms in total. The van der Waals surface area contributed by atoms with E-state index in [1.165, 1.54) is 5.56 Å². The molecular weight excluding hydrogens is 220 g/mol. The smallest absolute Gasteiger partial charge is 0.166 e. The Balaban J connectivity index is 2.49. The minimum Gasteiger partial charge on any atom is -0.494 e. The number of para-hydroxylation sites is 1. The van der Waals surface area contributed by atoms with Crippen LogP contribution >= 0.6 is 12.2 Å². The molecule has 0 aliphatic rings. The van der Waals surface area contributed by atoms with E-state index in [9.17, 15) is 0 Å². The number of thiocarbonyl (C=S) groups is 1. The Labute approximate surface area is 102 Å². The fraction of sp³-hybridized carbons (Fsp3) is 0.417. The molecule has 0 saturated carbocycles. The highest BCUT2D eigenvalue weighted by atomic mass is 32.1. The first-order chi connectivity index (χ1) is 7.77. The Hall–Kier alpha value is -1.29. The van der Waals surface area contributed by atoms with Gasteiger partial charge in [-0.1, -0.05) is 18.2 Å². The third-order valence-corrected chi connectivity index (χ3v) is 2.53. The third kappa shape index (κ3) is 4.06. The Morgan fingerprint density at radius 2 is 2.12 bits per heavy atom. The van der Waals surface area contributed by atoms with Gasteiger partial charge < -0.3 is 15.4 Å². The van der Waals surface area contributed by atoms with Crippen molar-refractivity contribution in [3.05, 3.63) is 29.8 Å². The molecule has 0 aliphatic carbocycles. The monoisotopic (exact) mass is 238 g/mol. The van der Waals surface area contributed by atoms with Crippen molar-refractivity contribution >= 4 is 17.3 Å². The van der Waals surface area contributed by atoms with Crippen LogP contribution in [0.1, 0.15) is 12.5 Å². The van der Waals surface area contributed by atoms with E-state index >= 15 is 0 Å². The predicted molar refractivity (Wildman–Crippen MR) is 71.0 cm³/mol. The lowest BCUT2D eigenvalue weighted by molar-refractivity contribution is 0.336. The van der Waals surface area contributed by atoms with Crippen molar-refractivity contribution in [3.8, 4) is 5.75 Å². The second-order valence-corrected chi connectivity index (χ2v) is 3.70. The van der Waals surface area contributed by atoms with E-state index in [0.717, 1.165) is 18.7 Å². The molecule has 0 aromatic heterocycles. The first-order valence-electron chi connectivity index (χ1n) is 5.44. The van der Waals surface area contributed by atoms with E-state index < -0.39 is 0 Å². The molecule has 0 aliphatic heterocycles. The van der Waals surface area contributed by atoms with Crippen molar-refractivity contribution in [2.24, 2.45) is 0 Å². The lowest BCUT2D eigenvalue weighted by Crippen LogP contribution is -2.33. The number of hydrogen-bond donors (Lipinski definition) is 2. The second kappa shape index (κ2) is 7.06. The summed E-state index contributed by atoms with van der Waals surface area (Å²) in [6.07, 6.45) is 0.901. The Bertz CT molecular complexity index is 342. The number of benzene rings is 1. The van der Waals surface area contributed by atoms with Crippen LogP contribution in [0.2, 0.25) is 0 Å². The van der Waals surface area contributed by atoms with E-state index in [-0.39, 0.29) is 0 Å². The zero-order valence-corrected chi connectivity index (χ0v) is 10.6. The van der Waals surface area contributed by atoms with Gasteiger partial charge in [0.25, 0.3) is 0 Å². The summed E-state index contributed by atoms with van der Waals surface area (Å²) in [6, 6.07) is 8.08. The van der Waals surface area contributed by atoms with Gasteiger partial charge in [-0.3, -0.25) is 0 Å². The molecule has 1 aromatic carbocycles. The SMILES string of the molecule is CCOc1ccccc1CCNC(=S)NC. The van der Waals surface area contributed by atoms with Crippen molar-refractivity contribution in [1.82, 2.24) is 10.6 Å². The molecule has 1 rings (SSSR count). The van der Waals surface area contributed by atoms with Gasteiger partial charge in [0.15, 0.2) is 5.11 Å². The number of nitrogens with one attached hydrogen (secondary N) is 2. The maximum atomic E-state index is 5.54. The molecule has 0 unspecified atom stereocenters. The van der Waals surface area contributed by atoms with Crippen molar-refractivity contribution in [2.75, 3.05) is 20.2 Å². The molecular formula is C12H18N2OS. The van der Waals surface area contributed by atoms with E-state index in [1.807, 2.05) is 32.2 Å². The summed E-state index contributed by atoms with van der Waals surface area (Å²) in [7, 11) is 1.81. The van der Waals surface area contributed by atoms with Crippen LogP contribution in [0.25, 0.3) is 0 Å². The molecule has 0 bridgehead atoms. The topological polar surface area (TPSA) is 33.3 Å². The fourth-order valence-electron chi connectivity index (χ4n) is 1.41. The first kappa shape index (κ1) is 12.8. The van der Waals surface area contributed by atoms with E-state index in [4.69, 9.17) is 17.0 Å². The van der Waals surface area contributed by atoms with Crippen LogP contribution in [0.5, 0.6) is 5.75 Å². The molecule has 2 N–H and O–H groups in total. The number of rotatable bonds is 5. The summed E-state index contributed by atoms with van der Waals surface area (Å²) in [5.41, 5.74) is 1.20. The van der Waals surface area contributed by atoms with Crippen LogP contribution in [0.3, 0.4) is 0 Å². The highest BCUT2D eigenvalue weighted by Gasteiger charge is 2.01. The minimum atomic E-state index is 0.675. The Morgan fingerprint density at radius 1 is 1.38 bits per heavy atom. The summed E-state index contributed by atoms with van der Waals surface area (Å²) in [5.74, 6) is 0.960. The van der Waals surface area contributed by atoms with Crippen LogP contribution in [-0.4, -0.2) is 25.3 Å². The van der Waals surface area contributed by atoms with Crippen LogP contribution in [0.15, 0.2) is 24.3 Å². The van der Waals surface area contributed by atoms with Crippen LogP contribution in [-0.2, 0) is 6.42 Å². The van der Waals surface area contributed by atoms with Gasteiger partial charge in [-0.2, -0.15) is 0 Å².